The summed E-state index contributed by atoms with van der Waals surface area (Å²) in [7, 11) is 3.30. The highest BCUT2D eigenvalue weighted by molar-refractivity contribution is 6.04. The molecule has 0 radical (unpaired) electrons. The fourth-order valence-corrected chi connectivity index (χ4v) is 5.34. The monoisotopic (exact) mass is 483 g/mol. The van der Waals surface area contributed by atoms with E-state index in [1.807, 2.05) is 18.2 Å². The summed E-state index contributed by atoms with van der Waals surface area (Å²) in [6, 6.07) is 20.3. The van der Waals surface area contributed by atoms with Gasteiger partial charge < -0.3 is 9.47 Å². The lowest BCUT2D eigenvalue weighted by Gasteiger charge is -2.30. The van der Waals surface area contributed by atoms with Crippen LogP contribution in [-0.4, -0.2) is 48.8 Å². The first kappa shape index (κ1) is 24.1. The van der Waals surface area contributed by atoms with E-state index in [4.69, 9.17) is 14.6 Å². The summed E-state index contributed by atoms with van der Waals surface area (Å²) in [6.45, 7) is 6.14. The molecule has 36 heavy (non-hydrogen) atoms. The molecule has 0 aliphatic carbocycles. The van der Waals surface area contributed by atoms with Crippen molar-refractivity contribution in [2.24, 2.45) is 5.10 Å². The quantitative estimate of drug-likeness (QED) is 0.492. The molecular formula is C30H33N3O3. The average Bonchev–Trinajstić information content (AvgIpc) is 3.33. The van der Waals surface area contributed by atoms with Gasteiger partial charge in [-0.05, 0) is 55.2 Å². The van der Waals surface area contributed by atoms with Gasteiger partial charge in [0.05, 0.1) is 32.5 Å². The van der Waals surface area contributed by atoms with Crippen LogP contribution >= 0.6 is 0 Å². The summed E-state index contributed by atoms with van der Waals surface area (Å²) >= 11 is 0. The highest BCUT2D eigenvalue weighted by Crippen LogP contribution is 2.40. The second kappa shape index (κ2) is 10.2. The number of aryl methyl sites for hydroxylation is 2. The van der Waals surface area contributed by atoms with Gasteiger partial charge in [-0.15, -0.1) is 0 Å². The third-order valence-electron chi connectivity index (χ3n) is 7.22. The molecule has 0 saturated carbocycles. The van der Waals surface area contributed by atoms with E-state index in [2.05, 4.69) is 61.2 Å². The molecule has 0 aromatic heterocycles. The van der Waals surface area contributed by atoms with E-state index >= 15 is 0 Å². The van der Waals surface area contributed by atoms with Crippen molar-refractivity contribution in [2.45, 2.75) is 39.3 Å². The van der Waals surface area contributed by atoms with Gasteiger partial charge in [-0.1, -0.05) is 48.0 Å². The molecule has 2 heterocycles. The first-order chi connectivity index (χ1) is 17.5. The van der Waals surface area contributed by atoms with Crippen molar-refractivity contribution in [1.82, 2.24) is 9.91 Å². The van der Waals surface area contributed by atoms with Gasteiger partial charge in [0.2, 0.25) is 0 Å². The maximum atomic E-state index is 13.8. The number of carbonyl (C=O) groups excluding carboxylic acids is 1. The standard InChI is InChI=1S/C30H33N3O3/c1-20-9-11-25(21(2)15-20)27-17-28(26-16-24(35-3)10-12-29(26)36-4)33(31-27)30(34)19-32-14-13-22-7-5-6-8-23(22)18-32/h5-12,15-16,28H,13-14,17-19H2,1-4H3. The maximum Gasteiger partial charge on any atom is 0.257 e. The Morgan fingerprint density at radius 2 is 1.81 bits per heavy atom. The van der Waals surface area contributed by atoms with Crippen molar-refractivity contribution in [1.29, 1.82) is 0 Å². The molecule has 0 saturated heterocycles. The SMILES string of the molecule is COc1ccc(OC)c(C2CC(c3ccc(C)cc3C)=NN2C(=O)CN2CCc3ccccc3C2)c1. The number of ether oxygens (including phenoxy) is 2. The zero-order chi connectivity index (χ0) is 25.2. The van der Waals surface area contributed by atoms with Crippen LogP contribution in [0.25, 0.3) is 0 Å². The third-order valence-corrected chi connectivity index (χ3v) is 7.22. The Kier molecular flexibility index (Phi) is 6.79. The Hall–Kier alpha value is -3.64. The van der Waals surface area contributed by atoms with Gasteiger partial charge in [0.1, 0.15) is 11.5 Å². The van der Waals surface area contributed by atoms with Gasteiger partial charge in [0, 0.05) is 30.6 Å². The van der Waals surface area contributed by atoms with Crippen molar-refractivity contribution >= 4 is 11.6 Å². The van der Waals surface area contributed by atoms with Gasteiger partial charge in [-0.3, -0.25) is 9.69 Å². The van der Waals surface area contributed by atoms with Crippen molar-refractivity contribution in [2.75, 3.05) is 27.3 Å². The molecule has 2 aliphatic rings. The Labute approximate surface area is 213 Å². The molecule has 1 amide bonds. The van der Waals surface area contributed by atoms with E-state index in [1.165, 1.54) is 16.7 Å². The topological polar surface area (TPSA) is 54.4 Å². The van der Waals surface area contributed by atoms with Crippen LogP contribution in [0, 0.1) is 13.8 Å². The fraction of sp³-hybridized carbons (Fsp3) is 0.333. The molecule has 3 aromatic rings. The zero-order valence-corrected chi connectivity index (χ0v) is 21.5. The summed E-state index contributed by atoms with van der Waals surface area (Å²) in [5.74, 6) is 1.44. The van der Waals surface area contributed by atoms with E-state index in [0.717, 1.165) is 53.4 Å². The zero-order valence-electron chi connectivity index (χ0n) is 21.5. The van der Waals surface area contributed by atoms with Gasteiger partial charge >= 0.3 is 0 Å². The number of benzene rings is 3. The van der Waals surface area contributed by atoms with Crippen LogP contribution in [0.4, 0.5) is 0 Å². The number of rotatable bonds is 6. The molecule has 0 bridgehead atoms. The van der Waals surface area contributed by atoms with E-state index in [-0.39, 0.29) is 11.9 Å². The lowest BCUT2D eigenvalue weighted by molar-refractivity contribution is -0.134. The number of hydrogen-bond acceptors (Lipinski definition) is 5. The number of carbonyl (C=O) groups is 1. The molecule has 0 spiro atoms. The van der Waals surface area contributed by atoms with E-state index < -0.39 is 0 Å². The van der Waals surface area contributed by atoms with Crippen molar-refractivity contribution in [3.8, 4) is 11.5 Å². The molecule has 1 atom stereocenters. The number of amides is 1. The molecule has 3 aromatic carbocycles. The fourth-order valence-electron chi connectivity index (χ4n) is 5.34. The Balaban J connectivity index is 1.47. The average molecular weight is 484 g/mol. The van der Waals surface area contributed by atoms with Gasteiger partial charge in [-0.2, -0.15) is 5.10 Å². The summed E-state index contributed by atoms with van der Waals surface area (Å²) in [6.07, 6.45) is 1.57. The smallest absolute Gasteiger partial charge is 0.257 e. The molecule has 2 aliphatic heterocycles. The predicted molar refractivity (Wildman–Crippen MR) is 142 cm³/mol. The minimum atomic E-state index is -0.268. The van der Waals surface area contributed by atoms with Crippen molar-refractivity contribution in [3.05, 3.63) is 94.0 Å². The largest absolute Gasteiger partial charge is 0.497 e. The highest BCUT2D eigenvalue weighted by Gasteiger charge is 2.36. The number of methoxy groups -OCH3 is 2. The van der Waals surface area contributed by atoms with Gasteiger partial charge in [0.15, 0.2) is 0 Å². The molecule has 186 valence electrons. The van der Waals surface area contributed by atoms with Crippen LogP contribution in [0.1, 0.15) is 45.8 Å². The van der Waals surface area contributed by atoms with Gasteiger partial charge in [0.25, 0.3) is 5.91 Å². The number of hydrogen-bond donors (Lipinski definition) is 0. The first-order valence-electron chi connectivity index (χ1n) is 12.4. The maximum absolute atomic E-state index is 13.8. The molecule has 1 unspecified atom stereocenters. The van der Waals surface area contributed by atoms with Crippen LogP contribution in [0.3, 0.4) is 0 Å². The second-order valence-corrected chi connectivity index (χ2v) is 9.66. The van der Waals surface area contributed by atoms with E-state index in [1.54, 1.807) is 19.2 Å². The van der Waals surface area contributed by atoms with Crippen LogP contribution in [0.5, 0.6) is 11.5 Å². The molecule has 0 N–H and O–H groups in total. The van der Waals surface area contributed by atoms with Crippen LogP contribution in [0.15, 0.2) is 65.8 Å². The number of nitrogens with zero attached hydrogens (tertiary/aromatic N) is 3. The van der Waals surface area contributed by atoms with Gasteiger partial charge in [-0.25, -0.2) is 5.01 Å². The van der Waals surface area contributed by atoms with Crippen molar-refractivity contribution < 1.29 is 14.3 Å². The molecule has 6 heteroatoms. The van der Waals surface area contributed by atoms with Crippen LogP contribution in [0.2, 0.25) is 0 Å². The summed E-state index contributed by atoms with van der Waals surface area (Å²) in [5.41, 5.74) is 7.93. The third kappa shape index (κ3) is 4.73. The second-order valence-electron chi connectivity index (χ2n) is 9.66. The summed E-state index contributed by atoms with van der Waals surface area (Å²) < 4.78 is 11.2. The Morgan fingerprint density at radius 1 is 1.00 bits per heavy atom. The molecule has 0 fully saturated rings. The van der Waals surface area contributed by atoms with Crippen molar-refractivity contribution in [3.63, 3.8) is 0 Å². The highest BCUT2D eigenvalue weighted by atomic mass is 16.5. The van der Waals surface area contributed by atoms with Crippen LogP contribution < -0.4 is 9.47 Å². The summed E-state index contributed by atoms with van der Waals surface area (Å²) in [4.78, 5) is 16.0. The number of hydrazone groups is 1. The number of fused-ring (bicyclic) bond motifs is 1. The van der Waals surface area contributed by atoms with E-state index in [9.17, 15) is 4.79 Å². The molecular weight excluding hydrogens is 450 g/mol. The van der Waals surface area contributed by atoms with E-state index in [0.29, 0.717) is 13.0 Å². The minimum absolute atomic E-state index is 0.0102. The predicted octanol–water partition coefficient (Wildman–Crippen LogP) is 5.06. The Morgan fingerprint density at radius 3 is 2.56 bits per heavy atom. The Bertz CT molecular complexity index is 1320. The molecule has 6 nitrogen and oxygen atoms in total. The molecule has 5 rings (SSSR count). The lowest BCUT2D eigenvalue weighted by atomic mass is 9.94. The van der Waals surface area contributed by atoms with Crippen LogP contribution in [-0.2, 0) is 17.8 Å². The first-order valence-corrected chi connectivity index (χ1v) is 12.4. The lowest BCUT2D eigenvalue weighted by Crippen LogP contribution is -2.40. The minimum Gasteiger partial charge on any atom is -0.497 e. The normalized spacial score (nSPS) is 17.5. The summed E-state index contributed by atoms with van der Waals surface area (Å²) in [5, 5.41) is 6.60.